The van der Waals surface area contributed by atoms with Crippen LogP contribution in [-0.2, 0) is 6.42 Å². The van der Waals surface area contributed by atoms with Gasteiger partial charge in [0, 0.05) is 6.42 Å². The van der Waals surface area contributed by atoms with Crippen LogP contribution >= 0.6 is 0 Å². The zero-order chi connectivity index (χ0) is 16.5. The maximum Gasteiger partial charge on any atom is 0.155 e. The topological polar surface area (TPSA) is 36.3 Å². The van der Waals surface area contributed by atoms with Crippen molar-refractivity contribution in [2.45, 2.75) is 19.1 Å². The molecule has 0 aromatic heterocycles. The molecule has 0 aliphatic heterocycles. The van der Waals surface area contributed by atoms with Crippen molar-refractivity contribution in [3.05, 3.63) is 71.8 Å². The molecule has 0 radical (unpaired) electrons. The van der Waals surface area contributed by atoms with Crippen LogP contribution in [0.15, 0.2) is 60.7 Å². The van der Waals surface area contributed by atoms with Crippen LogP contribution in [0.5, 0.6) is 5.75 Å². The number of nitrogens with zero attached hydrogens (tertiary/aromatic N) is 2. The van der Waals surface area contributed by atoms with E-state index in [0.29, 0.717) is 6.42 Å². The van der Waals surface area contributed by atoms with Crippen LogP contribution in [0.4, 0.5) is 0 Å². The van der Waals surface area contributed by atoms with Gasteiger partial charge in [0.1, 0.15) is 5.75 Å². The first kappa shape index (κ1) is 16.8. The van der Waals surface area contributed by atoms with Crippen molar-refractivity contribution < 1.29 is 4.74 Å². The van der Waals surface area contributed by atoms with Gasteiger partial charge in [-0.15, -0.1) is 0 Å². The zero-order valence-corrected chi connectivity index (χ0v) is 13.6. The third-order valence-corrected chi connectivity index (χ3v) is 3.50. The van der Waals surface area contributed by atoms with E-state index >= 15 is 0 Å². The van der Waals surface area contributed by atoms with Crippen LogP contribution in [0, 0.1) is 11.3 Å². The van der Waals surface area contributed by atoms with Crippen molar-refractivity contribution in [3.63, 3.8) is 0 Å². The second-order valence-corrected chi connectivity index (χ2v) is 5.56. The second-order valence-electron chi connectivity index (χ2n) is 5.56. The molecule has 3 nitrogen and oxygen atoms in total. The van der Waals surface area contributed by atoms with Crippen LogP contribution in [0.2, 0.25) is 0 Å². The highest BCUT2D eigenvalue weighted by molar-refractivity contribution is 5.48. The molecule has 2 rings (SSSR count). The molecule has 0 amide bonds. The predicted octanol–water partition coefficient (Wildman–Crippen LogP) is 4.12. The van der Waals surface area contributed by atoms with Crippen molar-refractivity contribution in [3.8, 4) is 11.8 Å². The molecule has 2 aromatic rings. The molecule has 1 atom stereocenters. The lowest BCUT2D eigenvalue weighted by molar-refractivity contribution is 0.0674. The molecule has 0 bridgehead atoms. The standard InChI is InChI=1S/C20H22N2O/c1-22(2)20(10-6-9-17-7-4-3-5-8-17)23-19-13-11-18(12-14-19)15-16-21/h3-9,11-14,20H,10,15H2,1-2H3. The first-order valence-corrected chi connectivity index (χ1v) is 7.69. The first-order chi connectivity index (χ1) is 11.2. The van der Waals surface area contributed by atoms with E-state index < -0.39 is 0 Å². The van der Waals surface area contributed by atoms with Gasteiger partial charge in [-0.25, -0.2) is 0 Å². The van der Waals surface area contributed by atoms with Gasteiger partial charge in [0.2, 0.25) is 0 Å². The molecule has 1 unspecified atom stereocenters. The van der Waals surface area contributed by atoms with E-state index in [-0.39, 0.29) is 6.23 Å². The lowest BCUT2D eigenvalue weighted by Crippen LogP contribution is -2.32. The van der Waals surface area contributed by atoms with Crippen LogP contribution in [0.1, 0.15) is 17.5 Å². The molecule has 0 aliphatic rings. The number of benzene rings is 2. The van der Waals surface area contributed by atoms with Crippen molar-refractivity contribution in [1.29, 1.82) is 5.26 Å². The van der Waals surface area contributed by atoms with E-state index in [1.54, 1.807) is 0 Å². The summed E-state index contributed by atoms with van der Waals surface area (Å²) in [6.45, 7) is 0. The summed E-state index contributed by atoms with van der Waals surface area (Å²) < 4.78 is 6.04. The predicted molar refractivity (Wildman–Crippen MR) is 94.0 cm³/mol. The highest BCUT2D eigenvalue weighted by Gasteiger charge is 2.11. The summed E-state index contributed by atoms with van der Waals surface area (Å²) >= 11 is 0. The monoisotopic (exact) mass is 306 g/mol. The van der Waals surface area contributed by atoms with Crippen LogP contribution in [0.25, 0.3) is 6.08 Å². The van der Waals surface area contributed by atoms with Gasteiger partial charge < -0.3 is 4.74 Å². The molecular formula is C20H22N2O. The summed E-state index contributed by atoms with van der Waals surface area (Å²) in [6, 6.07) is 20.1. The third-order valence-electron chi connectivity index (χ3n) is 3.50. The number of rotatable bonds is 7. The summed E-state index contributed by atoms with van der Waals surface area (Å²) in [5.41, 5.74) is 2.19. The number of hydrogen-bond donors (Lipinski definition) is 0. The Morgan fingerprint density at radius 2 is 1.78 bits per heavy atom. The van der Waals surface area contributed by atoms with Gasteiger partial charge in [-0.3, -0.25) is 4.90 Å². The largest absolute Gasteiger partial charge is 0.475 e. The van der Waals surface area contributed by atoms with Gasteiger partial charge in [-0.2, -0.15) is 5.26 Å². The van der Waals surface area contributed by atoms with Gasteiger partial charge in [-0.05, 0) is 37.4 Å². The maximum atomic E-state index is 8.70. The second kappa shape index (κ2) is 8.77. The highest BCUT2D eigenvalue weighted by atomic mass is 16.5. The average Bonchev–Trinajstić information content (AvgIpc) is 2.56. The smallest absolute Gasteiger partial charge is 0.155 e. The Labute approximate surface area is 138 Å². The Hall–Kier alpha value is -2.57. The van der Waals surface area contributed by atoms with Gasteiger partial charge in [-0.1, -0.05) is 54.6 Å². The number of ether oxygens (including phenoxy) is 1. The molecule has 0 aliphatic carbocycles. The molecule has 23 heavy (non-hydrogen) atoms. The van der Waals surface area contributed by atoms with Crippen LogP contribution in [0.3, 0.4) is 0 Å². The summed E-state index contributed by atoms with van der Waals surface area (Å²) in [5, 5.41) is 8.70. The minimum Gasteiger partial charge on any atom is -0.475 e. The quantitative estimate of drug-likeness (QED) is 0.722. The molecule has 2 aromatic carbocycles. The maximum absolute atomic E-state index is 8.70. The molecule has 0 saturated heterocycles. The minimum atomic E-state index is -0.0308. The molecule has 0 spiro atoms. The summed E-state index contributed by atoms with van der Waals surface area (Å²) in [5.74, 6) is 0.818. The van der Waals surface area contributed by atoms with E-state index in [4.69, 9.17) is 10.00 Å². The Morgan fingerprint density at radius 3 is 2.39 bits per heavy atom. The van der Waals surface area contributed by atoms with Crippen molar-refractivity contribution in [1.82, 2.24) is 4.90 Å². The Balaban J connectivity index is 1.96. The first-order valence-electron chi connectivity index (χ1n) is 7.69. The van der Waals surface area contributed by atoms with E-state index in [9.17, 15) is 0 Å². The SMILES string of the molecule is CN(C)C(CC=Cc1ccccc1)Oc1ccc(CC#N)cc1. The summed E-state index contributed by atoms with van der Waals surface area (Å²) in [7, 11) is 4.01. The Morgan fingerprint density at radius 1 is 1.09 bits per heavy atom. The fraction of sp³-hybridized carbons (Fsp3) is 0.250. The minimum absolute atomic E-state index is 0.0308. The van der Waals surface area contributed by atoms with Crippen LogP contribution < -0.4 is 4.74 Å². The normalized spacial score (nSPS) is 12.3. The van der Waals surface area contributed by atoms with Crippen molar-refractivity contribution in [2.24, 2.45) is 0 Å². The lowest BCUT2D eigenvalue weighted by atomic mass is 10.1. The van der Waals surface area contributed by atoms with E-state index in [1.165, 1.54) is 5.56 Å². The van der Waals surface area contributed by atoms with Crippen molar-refractivity contribution >= 4 is 6.08 Å². The van der Waals surface area contributed by atoms with Gasteiger partial charge in [0.05, 0.1) is 12.5 Å². The molecule has 0 N–H and O–H groups in total. The number of nitriles is 1. The number of hydrogen-bond acceptors (Lipinski definition) is 3. The fourth-order valence-corrected chi connectivity index (χ4v) is 2.18. The molecule has 118 valence electrons. The van der Waals surface area contributed by atoms with Crippen LogP contribution in [-0.4, -0.2) is 25.2 Å². The third kappa shape index (κ3) is 5.61. The highest BCUT2D eigenvalue weighted by Crippen LogP contribution is 2.17. The fourth-order valence-electron chi connectivity index (χ4n) is 2.18. The summed E-state index contributed by atoms with van der Waals surface area (Å²) in [6.07, 6.45) is 5.43. The molecule has 0 saturated carbocycles. The van der Waals surface area contributed by atoms with Gasteiger partial charge in [0.15, 0.2) is 6.23 Å². The average molecular weight is 306 g/mol. The molecule has 3 heteroatoms. The van der Waals surface area contributed by atoms with Gasteiger partial charge in [0.25, 0.3) is 0 Å². The molecule has 0 heterocycles. The Bertz CT molecular complexity index is 654. The van der Waals surface area contributed by atoms with E-state index in [2.05, 4.69) is 35.3 Å². The molecular weight excluding hydrogens is 284 g/mol. The summed E-state index contributed by atoms with van der Waals surface area (Å²) in [4.78, 5) is 2.05. The van der Waals surface area contributed by atoms with Crippen molar-refractivity contribution in [2.75, 3.05) is 14.1 Å². The van der Waals surface area contributed by atoms with E-state index in [1.807, 2.05) is 56.6 Å². The Kier molecular flexibility index (Phi) is 6.40. The lowest BCUT2D eigenvalue weighted by Gasteiger charge is -2.24. The van der Waals surface area contributed by atoms with Gasteiger partial charge >= 0.3 is 0 Å². The molecule has 0 fully saturated rings. The van der Waals surface area contributed by atoms with E-state index in [0.717, 1.165) is 17.7 Å². The zero-order valence-electron chi connectivity index (χ0n) is 13.6.